The molecule has 1 aromatic heterocycles. The number of nitrogen functional groups attached to an aromatic ring is 1. The molecule has 1 aliphatic heterocycles. The van der Waals surface area contributed by atoms with E-state index < -0.39 is 10.4 Å². The van der Waals surface area contributed by atoms with Crippen LogP contribution in [0.4, 0.5) is 11.5 Å². The van der Waals surface area contributed by atoms with Gasteiger partial charge in [-0.05, 0) is 17.6 Å². The molecule has 4 N–H and O–H groups in total. The average molecular weight is 333 g/mol. The van der Waals surface area contributed by atoms with Crippen molar-refractivity contribution >= 4 is 21.9 Å². The number of pyridine rings is 1. The molecule has 1 aromatic rings. The maximum absolute atomic E-state index is 10.8. The first-order valence-corrected chi connectivity index (χ1v) is 8.48. The Kier molecular flexibility index (Phi) is 6.39. The molecule has 9 heteroatoms. The highest BCUT2D eigenvalue weighted by Crippen LogP contribution is 2.20. The van der Waals surface area contributed by atoms with Crippen LogP contribution in [-0.4, -0.2) is 31.5 Å². The minimum atomic E-state index is -4.60. The third-order valence-corrected chi connectivity index (χ3v) is 3.93. The van der Waals surface area contributed by atoms with Crippen LogP contribution < -0.4 is 19.6 Å². The van der Waals surface area contributed by atoms with Crippen molar-refractivity contribution in [2.24, 2.45) is 0 Å². The topological polar surface area (TPSA) is 127 Å². The molecular weight excluding hydrogens is 310 g/mol. The summed E-state index contributed by atoms with van der Waals surface area (Å²) in [6.07, 6.45) is 6.00. The summed E-state index contributed by atoms with van der Waals surface area (Å²) < 4.78 is 35.8. The molecule has 0 amide bonds. The van der Waals surface area contributed by atoms with Gasteiger partial charge in [0.05, 0.1) is 6.07 Å². The van der Waals surface area contributed by atoms with Crippen molar-refractivity contribution in [3.05, 3.63) is 17.8 Å². The zero-order valence-corrected chi connectivity index (χ0v) is 13.4. The molecule has 1 aliphatic rings. The van der Waals surface area contributed by atoms with Gasteiger partial charge in [-0.25, -0.2) is 0 Å². The van der Waals surface area contributed by atoms with Crippen LogP contribution in [0.2, 0.25) is 0 Å². The lowest BCUT2D eigenvalue weighted by molar-refractivity contribution is -0.849. The van der Waals surface area contributed by atoms with Crippen molar-refractivity contribution in [1.29, 1.82) is 0 Å². The number of nitrogens with zero attached hydrogens (tertiary/aromatic N) is 2. The standard InChI is InChI=1S/C13H21N3O4S.H2O/c1-11-9-12(15-7-5-3-2-4-6-8-15)10-13(14)16(11)20-21(17,18)19;/h9-10,14H,2-8H2,1H3,(H,17,18,19);1H2. The van der Waals surface area contributed by atoms with Gasteiger partial charge < -0.3 is 10.4 Å². The van der Waals surface area contributed by atoms with Crippen LogP contribution in [0.15, 0.2) is 12.1 Å². The van der Waals surface area contributed by atoms with Gasteiger partial charge in [0.25, 0.3) is 0 Å². The fourth-order valence-corrected chi connectivity index (χ4v) is 3.00. The van der Waals surface area contributed by atoms with Crippen LogP contribution in [0.1, 0.15) is 37.8 Å². The number of aromatic nitrogens is 1. The van der Waals surface area contributed by atoms with E-state index in [-0.39, 0.29) is 11.3 Å². The van der Waals surface area contributed by atoms with Gasteiger partial charge in [-0.3, -0.25) is 10.3 Å². The molecule has 22 heavy (non-hydrogen) atoms. The number of hydrogen-bond donors (Lipinski definition) is 2. The second-order valence-electron chi connectivity index (χ2n) is 5.33. The highest BCUT2D eigenvalue weighted by Gasteiger charge is 2.21. The molecule has 1 saturated heterocycles. The van der Waals surface area contributed by atoms with Gasteiger partial charge in [-0.2, -0.15) is 12.7 Å². The number of anilines is 2. The maximum atomic E-state index is 10.8. The first-order chi connectivity index (χ1) is 9.87. The van der Waals surface area contributed by atoms with E-state index in [4.69, 9.17) is 10.3 Å². The van der Waals surface area contributed by atoms with Gasteiger partial charge in [-0.1, -0.05) is 19.3 Å². The van der Waals surface area contributed by atoms with Gasteiger partial charge >= 0.3 is 16.2 Å². The Bertz CT molecular complexity index is 575. The van der Waals surface area contributed by atoms with Crippen molar-refractivity contribution in [2.75, 3.05) is 23.7 Å². The normalized spacial score (nSPS) is 16.4. The van der Waals surface area contributed by atoms with Crippen molar-refractivity contribution in [2.45, 2.75) is 39.0 Å². The summed E-state index contributed by atoms with van der Waals surface area (Å²) in [6, 6.07) is 3.48. The van der Waals surface area contributed by atoms with Gasteiger partial charge in [0, 0.05) is 31.8 Å². The molecule has 8 nitrogen and oxygen atoms in total. The Labute approximate surface area is 130 Å². The van der Waals surface area contributed by atoms with Crippen LogP contribution in [0.3, 0.4) is 0 Å². The summed E-state index contributed by atoms with van der Waals surface area (Å²) in [7, 11) is -4.60. The third kappa shape index (κ3) is 5.00. The molecule has 0 saturated carbocycles. The number of hydrogen-bond acceptors (Lipinski definition) is 6. The fourth-order valence-electron chi connectivity index (χ4n) is 2.61. The average Bonchev–Trinajstić information content (AvgIpc) is 2.32. The molecule has 0 unspecified atom stereocenters. The van der Waals surface area contributed by atoms with Crippen LogP contribution >= 0.6 is 0 Å². The van der Waals surface area contributed by atoms with Crippen molar-refractivity contribution in [3.63, 3.8) is 0 Å². The van der Waals surface area contributed by atoms with Crippen LogP contribution in [0.5, 0.6) is 0 Å². The van der Waals surface area contributed by atoms with E-state index in [0.29, 0.717) is 5.69 Å². The van der Waals surface area contributed by atoms with Crippen LogP contribution in [0.25, 0.3) is 0 Å². The largest absolute Gasteiger partial charge is 0.870 e. The zero-order chi connectivity index (χ0) is 15.5. The fraction of sp³-hybridized carbons (Fsp3) is 0.615. The minimum Gasteiger partial charge on any atom is -0.870 e. The SMILES string of the molecule is Cc1cc(N2CCCCCCC2)cc(N)[n+]1OS(=O)(=O)O.[OH-]. The molecule has 2 heterocycles. The molecule has 0 radical (unpaired) electrons. The predicted molar refractivity (Wildman–Crippen MR) is 81.1 cm³/mol. The lowest BCUT2D eigenvalue weighted by Crippen LogP contribution is -2.50. The second kappa shape index (κ2) is 7.61. The summed E-state index contributed by atoms with van der Waals surface area (Å²) in [5.41, 5.74) is 7.29. The molecule has 0 atom stereocenters. The predicted octanol–water partition coefficient (Wildman–Crippen LogP) is 0.690. The summed E-state index contributed by atoms with van der Waals surface area (Å²) >= 11 is 0. The molecule has 126 valence electrons. The van der Waals surface area contributed by atoms with E-state index >= 15 is 0 Å². The second-order valence-corrected chi connectivity index (χ2v) is 6.34. The summed E-state index contributed by atoms with van der Waals surface area (Å²) in [6.45, 7) is 3.60. The summed E-state index contributed by atoms with van der Waals surface area (Å²) in [5.74, 6) is 0.129. The van der Waals surface area contributed by atoms with Gasteiger partial charge in [0.2, 0.25) is 0 Å². The number of rotatable bonds is 3. The number of nitrogens with two attached hydrogens (primary N) is 1. The van der Waals surface area contributed by atoms with E-state index in [0.717, 1.165) is 36.3 Å². The molecular formula is C13H23N3O5S. The zero-order valence-electron chi connectivity index (χ0n) is 12.6. The lowest BCUT2D eigenvalue weighted by Gasteiger charge is -2.26. The van der Waals surface area contributed by atoms with Gasteiger partial charge in [0.1, 0.15) is 0 Å². The highest BCUT2D eigenvalue weighted by molar-refractivity contribution is 7.80. The summed E-state index contributed by atoms with van der Waals surface area (Å²) in [5, 5.41) is 0. The van der Waals surface area contributed by atoms with Crippen molar-refractivity contribution in [1.82, 2.24) is 0 Å². The Hall–Kier alpha value is -1.58. The third-order valence-electron chi connectivity index (χ3n) is 3.60. The summed E-state index contributed by atoms with van der Waals surface area (Å²) in [4.78, 5) is 2.25. The molecule has 2 rings (SSSR count). The van der Waals surface area contributed by atoms with E-state index in [2.05, 4.69) is 9.18 Å². The van der Waals surface area contributed by atoms with Gasteiger partial charge in [-0.15, -0.1) is 0 Å². The Morgan fingerprint density at radius 1 is 1.18 bits per heavy atom. The smallest absolute Gasteiger partial charge is 0.482 e. The Morgan fingerprint density at radius 2 is 1.73 bits per heavy atom. The first kappa shape index (κ1) is 18.5. The molecule has 0 bridgehead atoms. The van der Waals surface area contributed by atoms with Gasteiger partial charge in [0.15, 0.2) is 5.69 Å². The van der Waals surface area contributed by atoms with E-state index in [1.54, 1.807) is 13.0 Å². The van der Waals surface area contributed by atoms with E-state index in [9.17, 15) is 8.42 Å². The quantitative estimate of drug-likeness (QED) is 0.615. The molecule has 0 aromatic carbocycles. The Balaban J connectivity index is 0.00000242. The van der Waals surface area contributed by atoms with Crippen LogP contribution in [-0.2, 0) is 10.4 Å². The van der Waals surface area contributed by atoms with E-state index in [1.807, 2.05) is 6.07 Å². The van der Waals surface area contributed by atoms with Crippen molar-refractivity contribution < 1.29 is 27.5 Å². The minimum absolute atomic E-state index is 0. The highest BCUT2D eigenvalue weighted by atomic mass is 32.3. The van der Waals surface area contributed by atoms with Crippen molar-refractivity contribution in [3.8, 4) is 0 Å². The first-order valence-electron chi connectivity index (χ1n) is 7.11. The van der Waals surface area contributed by atoms with E-state index in [1.165, 1.54) is 19.3 Å². The lowest BCUT2D eigenvalue weighted by atomic mass is 10.1. The molecule has 0 spiro atoms. The molecule has 1 fully saturated rings. The van der Waals surface area contributed by atoms with Crippen LogP contribution in [0, 0.1) is 6.92 Å². The molecule has 0 aliphatic carbocycles. The Morgan fingerprint density at radius 3 is 2.23 bits per heavy atom. The number of aryl methyl sites for hydroxylation is 1. The monoisotopic (exact) mass is 333 g/mol. The maximum Gasteiger partial charge on any atom is 0.482 e.